The van der Waals surface area contributed by atoms with Gasteiger partial charge in [0.25, 0.3) is 5.91 Å². The van der Waals surface area contributed by atoms with Gasteiger partial charge in [0.1, 0.15) is 18.2 Å². The van der Waals surface area contributed by atoms with Crippen LogP contribution in [-0.4, -0.2) is 43.0 Å². The Morgan fingerprint density at radius 2 is 1.82 bits per heavy atom. The zero-order chi connectivity index (χ0) is 20.1. The third kappa shape index (κ3) is 4.36. The molecule has 1 heterocycles. The van der Waals surface area contributed by atoms with E-state index in [9.17, 15) is 18.4 Å². The first-order valence-corrected chi connectivity index (χ1v) is 9.12. The molecule has 1 aliphatic rings. The van der Waals surface area contributed by atoms with E-state index in [0.717, 1.165) is 0 Å². The Bertz CT molecular complexity index is 859. The van der Waals surface area contributed by atoms with E-state index in [4.69, 9.17) is 4.74 Å². The van der Waals surface area contributed by atoms with Crippen LogP contribution in [0.1, 0.15) is 23.6 Å². The summed E-state index contributed by atoms with van der Waals surface area (Å²) in [5.74, 6) is -1.53. The molecule has 0 aliphatic carbocycles. The summed E-state index contributed by atoms with van der Waals surface area (Å²) in [6, 6.07) is 11.7. The van der Waals surface area contributed by atoms with Crippen LogP contribution in [0.5, 0.6) is 0 Å². The van der Waals surface area contributed by atoms with Crippen LogP contribution in [0.3, 0.4) is 0 Å². The van der Waals surface area contributed by atoms with E-state index < -0.39 is 23.9 Å². The van der Waals surface area contributed by atoms with Crippen molar-refractivity contribution in [1.82, 2.24) is 10.2 Å². The lowest BCUT2D eigenvalue weighted by molar-refractivity contribution is -0.162. The van der Waals surface area contributed by atoms with Gasteiger partial charge >= 0.3 is 0 Å². The number of likely N-dealkylation sites (N-methyl/N-ethyl adjacent to an activating group) is 1. The van der Waals surface area contributed by atoms with Crippen LogP contribution in [0.25, 0.3) is 0 Å². The summed E-state index contributed by atoms with van der Waals surface area (Å²) in [5.41, 5.74) is 0.810. The summed E-state index contributed by atoms with van der Waals surface area (Å²) in [5, 5.41) is 2.75. The summed E-state index contributed by atoms with van der Waals surface area (Å²) in [7, 11) is 1.53. The first-order valence-electron chi connectivity index (χ1n) is 9.12. The number of hydrogen-bond donors (Lipinski definition) is 1. The van der Waals surface area contributed by atoms with Crippen molar-refractivity contribution < 1.29 is 23.1 Å². The molecule has 2 aromatic rings. The summed E-state index contributed by atoms with van der Waals surface area (Å²) in [6.07, 6.45) is -0.000338. The predicted molar refractivity (Wildman–Crippen MR) is 99.4 cm³/mol. The van der Waals surface area contributed by atoms with Crippen LogP contribution in [0.2, 0.25) is 0 Å². The number of nitrogens with one attached hydrogen (secondary N) is 1. The van der Waals surface area contributed by atoms with Crippen molar-refractivity contribution in [3.63, 3.8) is 0 Å². The molecule has 2 amide bonds. The predicted octanol–water partition coefficient (Wildman–Crippen LogP) is 2.61. The van der Waals surface area contributed by atoms with Gasteiger partial charge in [-0.15, -0.1) is 0 Å². The van der Waals surface area contributed by atoms with Gasteiger partial charge in [-0.05, 0) is 30.5 Å². The van der Waals surface area contributed by atoms with Gasteiger partial charge in [0.15, 0.2) is 6.10 Å². The molecule has 1 aliphatic heterocycles. The van der Waals surface area contributed by atoms with E-state index in [2.05, 4.69) is 5.32 Å². The lowest BCUT2D eigenvalue weighted by atomic mass is 9.97. The normalized spacial score (nSPS) is 19.5. The number of ether oxygens (including phenoxy) is 1. The van der Waals surface area contributed by atoms with E-state index in [1.54, 1.807) is 30.3 Å². The molecule has 1 saturated heterocycles. The molecule has 0 bridgehead atoms. The highest BCUT2D eigenvalue weighted by Crippen LogP contribution is 2.30. The SMILES string of the molecule is CN1C(=O)COC(C(=O)NCCCc2ccccc2F)C1c1ccccc1F. The molecule has 0 saturated carbocycles. The van der Waals surface area contributed by atoms with Crippen LogP contribution in [0, 0.1) is 11.6 Å². The number of morpholine rings is 1. The number of hydrogen-bond acceptors (Lipinski definition) is 3. The van der Waals surface area contributed by atoms with Gasteiger partial charge in [-0.1, -0.05) is 36.4 Å². The maximum atomic E-state index is 14.3. The lowest BCUT2D eigenvalue weighted by Crippen LogP contribution is -2.53. The maximum Gasteiger partial charge on any atom is 0.251 e. The van der Waals surface area contributed by atoms with Gasteiger partial charge in [-0.2, -0.15) is 0 Å². The van der Waals surface area contributed by atoms with Crippen molar-refractivity contribution in [2.45, 2.75) is 25.0 Å². The Balaban J connectivity index is 1.64. The molecule has 28 heavy (non-hydrogen) atoms. The highest BCUT2D eigenvalue weighted by Gasteiger charge is 2.41. The molecule has 1 fully saturated rings. The van der Waals surface area contributed by atoms with Crippen molar-refractivity contribution in [3.05, 3.63) is 71.3 Å². The van der Waals surface area contributed by atoms with Crippen molar-refractivity contribution in [2.75, 3.05) is 20.2 Å². The van der Waals surface area contributed by atoms with Gasteiger partial charge in [0.05, 0.1) is 6.04 Å². The second kappa shape index (κ2) is 8.93. The van der Waals surface area contributed by atoms with Crippen LogP contribution in [0.15, 0.2) is 48.5 Å². The quantitative estimate of drug-likeness (QED) is 0.774. The Labute approximate surface area is 162 Å². The molecule has 0 aromatic heterocycles. The van der Waals surface area contributed by atoms with Crippen LogP contribution in [0.4, 0.5) is 8.78 Å². The van der Waals surface area contributed by atoms with Gasteiger partial charge < -0.3 is 15.0 Å². The largest absolute Gasteiger partial charge is 0.356 e. The summed E-state index contributed by atoms with van der Waals surface area (Å²) >= 11 is 0. The molecule has 2 aromatic carbocycles. The first-order chi connectivity index (χ1) is 13.5. The first kappa shape index (κ1) is 19.9. The fourth-order valence-corrected chi connectivity index (χ4v) is 3.31. The molecule has 2 unspecified atom stereocenters. The molecule has 1 N–H and O–H groups in total. The fraction of sp³-hybridized carbons (Fsp3) is 0.333. The zero-order valence-corrected chi connectivity index (χ0v) is 15.5. The van der Waals surface area contributed by atoms with E-state index in [1.165, 1.54) is 30.1 Å². The summed E-state index contributed by atoms with van der Waals surface area (Å²) in [6.45, 7) is 0.0729. The van der Waals surface area contributed by atoms with Crippen molar-refractivity contribution in [3.8, 4) is 0 Å². The number of rotatable bonds is 6. The lowest BCUT2D eigenvalue weighted by Gasteiger charge is -2.38. The average Bonchev–Trinajstić information content (AvgIpc) is 2.69. The Hall–Kier alpha value is -2.80. The number of benzene rings is 2. The molecule has 7 heteroatoms. The molecule has 0 spiro atoms. The molecule has 5 nitrogen and oxygen atoms in total. The minimum atomic E-state index is -1.02. The summed E-state index contributed by atoms with van der Waals surface area (Å²) < 4.78 is 33.4. The van der Waals surface area contributed by atoms with Crippen LogP contribution >= 0.6 is 0 Å². The zero-order valence-electron chi connectivity index (χ0n) is 15.5. The van der Waals surface area contributed by atoms with Gasteiger partial charge in [0.2, 0.25) is 5.91 Å². The number of carbonyl (C=O) groups is 2. The van der Waals surface area contributed by atoms with Gasteiger partial charge in [-0.25, -0.2) is 8.78 Å². The molecule has 3 rings (SSSR count). The van der Waals surface area contributed by atoms with Crippen LogP contribution < -0.4 is 5.32 Å². The monoisotopic (exact) mass is 388 g/mol. The van der Waals surface area contributed by atoms with E-state index in [0.29, 0.717) is 24.9 Å². The highest BCUT2D eigenvalue weighted by atomic mass is 19.1. The third-order valence-electron chi connectivity index (χ3n) is 4.85. The summed E-state index contributed by atoms with van der Waals surface area (Å²) in [4.78, 5) is 26.0. The fourth-order valence-electron chi connectivity index (χ4n) is 3.31. The number of nitrogens with zero attached hydrogens (tertiary/aromatic N) is 1. The maximum absolute atomic E-state index is 14.3. The average molecular weight is 388 g/mol. The molecule has 148 valence electrons. The minimum Gasteiger partial charge on any atom is -0.356 e. The van der Waals surface area contributed by atoms with E-state index in [-0.39, 0.29) is 23.9 Å². The molecular weight excluding hydrogens is 366 g/mol. The smallest absolute Gasteiger partial charge is 0.251 e. The highest BCUT2D eigenvalue weighted by molar-refractivity contribution is 5.86. The second-order valence-corrected chi connectivity index (χ2v) is 6.69. The van der Waals surface area contributed by atoms with Crippen LogP contribution in [-0.2, 0) is 20.7 Å². The Kier molecular flexibility index (Phi) is 6.36. The molecular formula is C21H22F2N2O3. The van der Waals surface area contributed by atoms with Gasteiger partial charge in [-0.3, -0.25) is 9.59 Å². The number of amides is 2. The topological polar surface area (TPSA) is 58.6 Å². The Morgan fingerprint density at radius 3 is 2.54 bits per heavy atom. The van der Waals surface area contributed by atoms with Gasteiger partial charge in [0, 0.05) is 19.2 Å². The van der Waals surface area contributed by atoms with E-state index >= 15 is 0 Å². The molecule has 0 radical (unpaired) electrons. The number of aryl methyl sites for hydroxylation is 1. The van der Waals surface area contributed by atoms with Crippen molar-refractivity contribution >= 4 is 11.8 Å². The van der Waals surface area contributed by atoms with Crippen molar-refractivity contribution in [1.29, 1.82) is 0 Å². The minimum absolute atomic E-state index is 0.226. The third-order valence-corrected chi connectivity index (χ3v) is 4.85. The molecule has 2 atom stereocenters. The standard InChI is InChI=1S/C21H22F2N2O3/c1-25-18(26)13-28-20(19(25)15-9-3-5-11-17(15)23)21(27)24-12-6-8-14-7-2-4-10-16(14)22/h2-5,7,9-11,19-20H,6,8,12-13H2,1H3,(H,24,27). The van der Waals surface area contributed by atoms with E-state index in [1.807, 2.05) is 0 Å². The Morgan fingerprint density at radius 1 is 1.14 bits per heavy atom. The number of halogens is 2. The number of carbonyl (C=O) groups excluding carboxylic acids is 2. The van der Waals surface area contributed by atoms with Crippen molar-refractivity contribution in [2.24, 2.45) is 0 Å². The second-order valence-electron chi connectivity index (χ2n) is 6.69.